The summed E-state index contributed by atoms with van der Waals surface area (Å²) in [6, 6.07) is 11.9. The van der Waals surface area contributed by atoms with Crippen LogP contribution in [0.2, 0.25) is 0 Å². The van der Waals surface area contributed by atoms with Gasteiger partial charge in [0, 0.05) is 34.2 Å². The molecule has 0 aliphatic heterocycles. The van der Waals surface area contributed by atoms with Crippen LogP contribution in [-0.2, 0) is 25.5 Å². The lowest BCUT2D eigenvalue weighted by Crippen LogP contribution is -2.48. The number of amides is 2. The van der Waals surface area contributed by atoms with Crippen molar-refractivity contribution in [2.75, 3.05) is 11.5 Å². The Kier molecular flexibility index (Phi) is 11.3. The largest absolute Gasteiger partial charge is 0.466 e. The van der Waals surface area contributed by atoms with Gasteiger partial charge in [0.05, 0.1) is 18.5 Å². The number of unbranched alkanes of at least 4 members (excludes halogenated alkanes) is 3. The van der Waals surface area contributed by atoms with Crippen LogP contribution in [0.1, 0.15) is 104 Å². The number of aryl methyl sites for hydroxylation is 1. The van der Waals surface area contributed by atoms with Gasteiger partial charge in [-0.15, -0.1) is 0 Å². The summed E-state index contributed by atoms with van der Waals surface area (Å²) in [5.41, 5.74) is 1.34. The summed E-state index contributed by atoms with van der Waals surface area (Å²) >= 11 is 0. The van der Waals surface area contributed by atoms with E-state index in [0.717, 1.165) is 60.7 Å². The van der Waals surface area contributed by atoms with Gasteiger partial charge in [-0.25, -0.2) is 14.9 Å². The number of hydrogen-bond acceptors (Lipinski definition) is 7. The summed E-state index contributed by atoms with van der Waals surface area (Å²) in [6.45, 7) is 13.0. The maximum atomic E-state index is 13.2. The van der Waals surface area contributed by atoms with E-state index in [9.17, 15) is 14.4 Å². The molecule has 0 saturated heterocycles. The lowest BCUT2D eigenvalue weighted by atomic mass is 9.90. The minimum atomic E-state index is -0.736. The Morgan fingerprint density at radius 2 is 1.52 bits per heavy atom. The van der Waals surface area contributed by atoms with Crippen LogP contribution in [0.3, 0.4) is 0 Å². The number of hydrogen-bond donors (Lipinski definition) is 0. The van der Waals surface area contributed by atoms with E-state index in [1.54, 1.807) is 47.6 Å². The van der Waals surface area contributed by atoms with Crippen LogP contribution in [0.25, 0.3) is 10.9 Å². The Bertz CT molecular complexity index is 1350. The molecule has 0 fully saturated rings. The minimum Gasteiger partial charge on any atom is -0.466 e. The van der Waals surface area contributed by atoms with Crippen molar-refractivity contribution in [3.63, 3.8) is 0 Å². The molecular formula is C34H46N4O4. The van der Waals surface area contributed by atoms with Gasteiger partial charge in [-0.3, -0.25) is 19.4 Å². The van der Waals surface area contributed by atoms with Crippen molar-refractivity contribution >= 4 is 34.5 Å². The van der Waals surface area contributed by atoms with Gasteiger partial charge in [0.1, 0.15) is 12.1 Å². The van der Waals surface area contributed by atoms with Crippen molar-refractivity contribution in [2.45, 2.75) is 99.3 Å². The first kappa shape index (κ1) is 32.8. The van der Waals surface area contributed by atoms with Crippen LogP contribution in [0, 0.1) is 10.8 Å². The van der Waals surface area contributed by atoms with Crippen LogP contribution in [-0.4, -0.2) is 39.3 Å². The first-order chi connectivity index (χ1) is 19.8. The fraction of sp³-hybridized carbons (Fsp3) is 0.529. The molecule has 0 saturated carbocycles. The molecule has 2 heterocycles. The van der Waals surface area contributed by atoms with Gasteiger partial charge in [-0.2, -0.15) is 0 Å². The van der Waals surface area contributed by atoms with Crippen molar-refractivity contribution in [1.82, 2.24) is 15.0 Å². The van der Waals surface area contributed by atoms with Gasteiger partial charge < -0.3 is 4.74 Å². The third kappa shape index (κ3) is 9.16. The highest BCUT2D eigenvalue weighted by Crippen LogP contribution is 2.30. The van der Waals surface area contributed by atoms with Gasteiger partial charge >= 0.3 is 5.97 Å². The molecular weight excluding hydrogens is 528 g/mol. The molecule has 0 aliphatic rings. The lowest BCUT2D eigenvalue weighted by Gasteiger charge is -2.31. The maximum absolute atomic E-state index is 13.2. The number of benzene rings is 1. The predicted molar refractivity (Wildman–Crippen MR) is 166 cm³/mol. The maximum Gasteiger partial charge on any atom is 0.306 e. The van der Waals surface area contributed by atoms with Crippen LogP contribution < -0.4 is 4.90 Å². The molecule has 0 spiro atoms. The van der Waals surface area contributed by atoms with Crippen molar-refractivity contribution in [3.05, 3.63) is 60.2 Å². The number of carbonyl (C=O) groups excluding carboxylic acids is 3. The fourth-order valence-electron chi connectivity index (χ4n) is 4.79. The van der Waals surface area contributed by atoms with Crippen LogP contribution in [0.4, 0.5) is 5.82 Å². The topological polar surface area (TPSA) is 102 Å². The Labute approximate surface area is 250 Å². The van der Waals surface area contributed by atoms with E-state index in [-0.39, 0.29) is 23.7 Å². The van der Waals surface area contributed by atoms with E-state index in [1.165, 1.54) is 11.2 Å². The molecule has 8 heteroatoms. The molecule has 42 heavy (non-hydrogen) atoms. The lowest BCUT2D eigenvalue weighted by molar-refractivity contribution is -0.143. The number of esters is 1. The highest BCUT2D eigenvalue weighted by atomic mass is 16.5. The second kappa shape index (κ2) is 14.5. The fourth-order valence-corrected chi connectivity index (χ4v) is 4.79. The zero-order valence-electron chi connectivity index (χ0n) is 26.3. The third-order valence-corrected chi connectivity index (χ3v) is 7.16. The SMILES string of the molecule is CCOC(=O)CC(CCCCCCc1cc(N(C(=O)C(C)(C)C)C(=O)C(C)(C)C)ncn1)c1cnc2ccccc2c1. The number of pyridine rings is 1. The molecule has 226 valence electrons. The second-order valence-corrected chi connectivity index (χ2v) is 12.9. The molecule has 0 N–H and O–H groups in total. The van der Waals surface area contributed by atoms with Crippen molar-refractivity contribution in [2.24, 2.45) is 10.8 Å². The van der Waals surface area contributed by atoms with E-state index in [0.29, 0.717) is 18.8 Å². The van der Waals surface area contributed by atoms with Crippen molar-refractivity contribution < 1.29 is 19.1 Å². The normalized spacial score (nSPS) is 12.6. The molecule has 8 nitrogen and oxygen atoms in total. The number of para-hydroxylation sites is 1. The number of ether oxygens (including phenoxy) is 1. The Morgan fingerprint density at radius 1 is 0.857 bits per heavy atom. The number of carbonyl (C=O) groups is 3. The average molecular weight is 575 g/mol. The van der Waals surface area contributed by atoms with Gasteiger partial charge in [-0.1, -0.05) is 79.0 Å². The average Bonchev–Trinajstić information content (AvgIpc) is 2.93. The molecule has 3 aromatic rings. The van der Waals surface area contributed by atoms with Gasteiger partial charge in [-0.05, 0) is 49.8 Å². The standard InChI is InChI=1S/C34H46N4O4/c1-8-42-30(39)20-24(26-19-25-16-13-14-18-28(25)35-22-26)15-11-9-10-12-17-27-21-29(37-23-36-27)38(31(40)33(2,3)4)32(41)34(5,6)7/h13-14,16,18-19,21-24H,8-12,15,17,20H2,1-7H3. The highest BCUT2D eigenvalue weighted by molar-refractivity contribution is 6.17. The smallest absolute Gasteiger partial charge is 0.306 e. The van der Waals surface area contributed by atoms with Crippen LogP contribution in [0.15, 0.2) is 48.9 Å². The summed E-state index contributed by atoms with van der Waals surface area (Å²) in [6.07, 6.45) is 9.14. The number of fused-ring (bicyclic) bond motifs is 1. The van der Waals surface area contributed by atoms with E-state index < -0.39 is 10.8 Å². The second-order valence-electron chi connectivity index (χ2n) is 12.9. The van der Waals surface area contributed by atoms with Crippen LogP contribution in [0.5, 0.6) is 0 Å². The van der Waals surface area contributed by atoms with E-state index in [4.69, 9.17) is 4.74 Å². The van der Waals surface area contributed by atoms with Crippen molar-refractivity contribution in [3.8, 4) is 0 Å². The summed E-state index contributed by atoms with van der Waals surface area (Å²) in [5, 5.41) is 1.07. The van der Waals surface area contributed by atoms with E-state index >= 15 is 0 Å². The molecule has 0 bridgehead atoms. The first-order valence-corrected chi connectivity index (χ1v) is 15.0. The van der Waals surface area contributed by atoms with E-state index in [2.05, 4.69) is 21.0 Å². The summed E-state index contributed by atoms with van der Waals surface area (Å²) in [5.74, 6) is -0.376. The predicted octanol–water partition coefficient (Wildman–Crippen LogP) is 7.21. The number of anilines is 1. The number of rotatable bonds is 12. The Morgan fingerprint density at radius 3 is 2.19 bits per heavy atom. The zero-order valence-corrected chi connectivity index (χ0v) is 26.3. The summed E-state index contributed by atoms with van der Waals surface area (Å²) < 4.78 is 5.25. The van der Waals surface area contributed by atoms with Gasteiger partial charge in [0.15, 0.2) is 0 Å². The molecule has 0 aliphatic carbocycles. The quantitative estimate of drug-likeness (QED) is 0.166. The molecule has 0 radical (unpaired) electrons. The highest BCUT2D eigenvalue weighted by Gasteiger charge is 2.38. The Balaban J connectivity index is 1.60. The molecule has 2 aromatic heterocycles. The molecule has 2 amide bonds. The number of aromatic nitrogens is 3. The molecule has 1 atom stereocenters. The van der Waals surface area contributed by atoms with Crippen LogP contribution >= 0.6 is 0 Å². The third-order valence-electron chi connectivity index (χ3n) is 7.16. The summed E-state index contributed by atoms with van der Waals surface area (Å²) in [7, 11) is 0. The van der Waals surface area contributed by atoms with E-state index in [1.807, 2.05) is 37.4 Å². The number of imide groups is 1. The van der Waals surface area contributed by atoms with Gasteiger partial charge in [0.25, 0.3) is 0 Å². The molecule has 1 aromatic carbocycles. The monoisotopic (exact) mass is 574 g/mol. The molecule has 1 unspecified atom stereocenters. The minimum absolute atomic E-state index is 0.0530. The Hall–Kier alpha value is -3.68. The van der Waals surface area contributed by atoms with Crippen molar-refractivity contribution in [1.29, 1.82) is 0 Å². The number of nitrogens with zero attached hydrogens (tertiary/aromatic N) is 4. The van der Waals surface area contributed by atoms with Gasteiger partial charge in [0.2, 0.25) is 11.8 Å². The zero-order chi connectivity index (χ0) is 30.9. The summed E-state index contributed by atoms with van der Waals surface area (Å²) in [4.78, 5) is 53.4. The molecule has 3 rings (SSSR count). The first-order valence-electron chi connectivity index (χ1n) is 15.0.